The van der Waals surface area contributed by atoms with E-state index in [0.717, 1.165) is 18.9 Å². The summed E-state index contributed by atoms with van der Waals surface area (Å²) in [4.78, 5) is 10.4. The summed E-state index contributed by atoms with van der Waals surface area (Å²) >= 11 is 0. The summed E-state index contributed by atoms with van der Waals surface area (Å²) in [6, 6.07) is 1.31. The number of unbranched alkanes of at least 4 members (excludes halogenated alkanes) is 1. The molecule has 0 amide bonds. The van der Waals surface area contributed by atoms with E-state index in [2.05, 4.69) is 0 Å². The van der Waals surface area contributed by atoms with Crippen LogP contribution in [-0.2, 0) is 22.1 Å². The minimum Gasteiger partial charge on any atom is -0.390 e. The molecule has 0 rings (SSSR count). The van der Waals surface area contributed by atoms with E-state index in [-0.39, 0.29) is 0 Å². The van der Waals surface area contributed by atoms with Gasteiger partial charge >= 0.3 is 17.6 Å². The zero-order valence-electron chi connectivity index (χ0n) is 14.9. The van der Waals surface area contributed by atoms with Crippen molar-refractivity contribution in [3.8, 4) is 0 Å². The van der Waals surface area contributed by atoms with Gasteiger partial charge in [0, 0.05) is 45.1 Å². The van der Waals surface area contributed by atoms with Gasteiger partial charge in [0.05, 0.1) is 0 Å². The second-order valence-electron chi connectivity index (χ2n) is 4.77. The van der Waals surface area contributed by atoms with Crippen molar-refractivity contribution in [2.75, 3.05) is 33.0 Å². The van der Waals surface area contributed by atoms with Gasteiger partial charge in [-0.1, -0.05) is 0 Å². The summed E-state index contributed by atoms with van der Waals surface area (Å²) in [5.41, 5.74) is 0. The quantitative estimate of drug-likeness (QED) is 0.360. The molecule has 0 aromatic rings. The van der Waals surface area contributed by atoms with Crippen LogP contribution in [0.3, 0.4) is 0 Å². The largest absolute Gasteiger partial charge is 0.500 e. The molecule has 0 aromatic carbocycles. The van der Waals surface area contributed by atoms with E-state index in [4.69, 9.17) is 22.1 Å². The molecule has 0 aliphatic rings. The van der Waals surface area contributed by atoms with E-state index in [0.29, 0.717) is 39.1 Å². The van der Waals surface area contributed by atoms with Gasteiger partial charge in [0.2, 0.25) is 0 Å². The summed E-state index contributed by atoms with van der Waals surface area (Å²) < 4.78 is 28.3. The van der Waals surface area contributed by atoms with Gasteiger partial charge in [-0.3, -0.25) is 0 Å². The van der Waals surface area contributed by atoms with E-state index in [1.54, 1.807) is 0 Å². The van der Waals surface area contributed by atoms with E-state index < -0.39 is 17.6 Å². The Morgan fingerprint density at radius 3 is 1.32 bits per heavy atom. The molecule has 0 radical (unpaired) electrons. The van der Waals surface area contributed by atoms with Gasteiger partial charge in [-0.05, 0) is 47.5 Å². The highest BCUT2D eigenvalue weighted by Gasteiger charge is 2.41. The monoisotopic (exact) mass is 354 g/mol. The van der Waals surface area contributed by atoms with Gasteiger partial charge < -0.3 is 26.9 Å². The summed E-state index contributed by atoms with van der Waals surface area (Å²) in [7, 11) is -5.58. The van der Waals surface area contributed by atoms with Crippen molar-refractivity contribution in [2.24, 2.45) is 0 Å². The second kappa shape index (κ2) is 12.6. The molecule has 0 bridgehead atoms. The first-order valence-electron chi connectivity index (χ1n) is 8.43. The number of rotatable bonds is 15. The van der Waals surface area contributed by atoms with Gasteiger partial charge in [0.15, 0.2) is 0 Å². The summed E-state index contributed by atoms with van der Waals surface area (Å²) in [5, 5.41) is 0. The fourth-order valence-electron chi connectivity index (χ4n) is 2.33. The van der Waals surface area contributed by atoms with Crippen LogP contribution in [0.15, 0.2) is 0 Å². The van der Waals surface area contributed by atoms with Gasteiger partial charge in [0.25, 0.3) is 0 Å². The van der Waals surface area contributed by atoms with Crippen LogP contribution >= 0.6 is 0 Å². The van der Waals surface area contributed by atoms with Crippen molar-refractivity contribution < 1.29 is 26.9 Å². The molecular weight excluding hydrogens is 320 g/mol. The van der Waals surface area contributed by atoms with Crippen molar-refractivity contribution in [3.63, 3.8) is 0 Å². The highest BCUT2D eigenvalue weighted by Crippen LogP contribution is 2.22. The molecule has 0 aliphatic heterocycles. The predicted octanol–water partition coefficient (Wildman–Crippen LogP) is 2.82. The lowest BCUT2D eigenvalue weighted by atomic mass is 10.4. The van der Waals surface area contributed by atoms with Crippen LogP contribution in [0.4, 0.5) is 0 Å². The Kier molecular flexibility index (Phi) is 12.7. The molecule has 6 nitrogen and oxygen atoms in total. The van der Waals surface area contributed by atoms with Crippen molar-refractivity contribution in [3.05, 3.63) is 0 Å². The lowest BCUT2D eigenvalue weighted by Gasteiger charge is -2.29. The Hall–Kier alpha value is 0.194. The molecule has 0 atom stereocenters. The molecule has 8 heteroatoms. The van der Waals surface area contributed by atoms with Gasteiger partial charge in [-0.25, -0.2) is 0 Å². The average molecular weight is 355 g/mol. The van der Waals surface area contributed by atoms with Crippen molar-refractivity contribution >= 4 is 17.6 Å². The van der Waals surface area contributed by atoms with Crippen LogP contribution in [0, 0.1) is 0 Å². The van der Waals surface area contributed by atoms with E-state index in [1.807, 2.05) is 34.6 Å². The molecule has 134 valence electrons. The Morgan fingerprint density at radius 2 is 0.955 bits per heavy atom. The maximum Gasteiger partial charge on any atom is 0.500 e. The molecule has 0 unspecified atom stereocenters. The second-order valence-corrected chi connectivity index (χ2v) is 10.0. The summed E-state index contributed by atoms with van der Waals surface area (Å²) in [5.74, 6) is 0. The fourth-order valence-corrected chi connectivity index (χ4v) is 6.98. The maximum absolute atomic E-state index is 10.4. The highest BCUT2D eigenvalue weighted by molar-refractivity contribution is 6.61. The van der Waals surface area contributed by atoms with Crippen LogP contribution in [-0.4, -0.2) is 55.4 Å². The molecule has 0 spiro atoms. The molecule has 0 fully saturated rings. The SMILES string of the molecule is CCO[Si](O)(CCCC[Si](OCC)(OCC)OCC)OCC. The van der Waals surface area contributed by atoms with Crippen LogP contribution < -0.4 is 0 Å². The molecule has 0 aliphatic carbocycles. The fraction of sp³-hybridized carbons (Fsp3) is 1.00. The van der Waals surface area contributed by atoms with Crippen LogP contribution in [0.1, 0.15) is 47.5 Å². The van der Waals surface area contributed by atoms with Gasteiger partial charge in [-0.15, -0.1) is 0 Å². The van der Waals surface area contributed by atoms with Crippen LogP contribution in [0.5, 0.6) is 0 Å². The van der Waals surface area contributed by atoms with Gasteiger partial charge in [0.1, 0.15) is 0 Å². The smallest absolute Gasteiger partial charge is 0.390 e. The number of hydrogen-bond donors (Lipinski definition) is 1. The first kappa shape index (κ1) is 22.2. The summed E-state index contributed by atoms with van der Waals surface area (Å²) in [6.07, 6.45) is 1.67. The van der Waals surface area contributed by atoms with Crippen molar-refractivity contribution in [1.82, 2.24) is 0 Å². The van der Waals surface area contributed by atoms with E-state index in [1.165, 1.54) is 0 Å². The first-order valence-corrected chi connectivity index (χ1v) is 12.3. The summed E-state index contributed by atoms with van der Waals surface area (Å²) in [6.45, 7) is 12.3. The topological polar surface area (TPSA) is 66.4 Å². The Morgan fingerprint density at radius 1 is 0.591 bits per heavy atom. The Balaban J connectivity index is 4.41. The Labute approximate surface area is 137 Å². The zero-order chi connectivity index (χ0) is 16.9. The predicted molar refractivity (Wildman–Crippen MR) is 90.7 cm³/mol. The molecule has 22 heavy (non-hydrogen) atoms. The van der Waals surface area contributed by atoms with Crippen LogP contribution in [0.25, 0.3) is 0 Å². The lowest BCUT2D eigenvalue weighted by molar-refractivity contribution is 0.0702. The third-order valence-corrected chi connectivity index (χ3v) is 8.67. The molecule has 0 aromatic heterocycles. The van der Waals surface area contributed by atoms with E-state index >= 15 is 0 Å². The van der Waals surface area contributed by atoms with Gasteiger partial charge in [-0.2, -0.15) is 0 Å². The minimum atomic E-state index is -3.01. The number of hydrogen-bond acceptors (Lipinski definition) is 6. The molecule has 0 saturated heterocycles. The van der Waals surface area contributed by atoms with E-state index in [9.17, 15) is 4.80 Å². The normalized spacial score (nSPS) is 12.8. The molecule has 0 heterocycles. The average Bonchev–Trinajstić information content (AvgIpc) is 2.45. The molecule has 0 saturated carbocycles. The Bertz CT molecular complexity index is 245. The van der Waals surface area contributed by atoms with Crippen molar-refractivity contribution in [2.45, 2.75) is 59.5 Å². The standard InChI is InChI=1S/C14H34O6Si2/c1-6-16-21(15,17-7-2)13-11-12-14-22(18-8-3,19-9-4)20-10-5/h15H,6-14H2,1-5H3. The zero-order valence-corrected chi connectivity index (χ0v) is 16.9. The van der Waals surface area contributed by atoms with Crippen molar-refractivity contribution in [1.29, 1.82) is 0 Å². The van der Waals surface area contributed by atoms with Crippen LogP contribution in [0.2, 0.25) is 12.1 Å². The third-order valence-electron chi connectivity index (χ3n) is 3.06. The third kappa shape index (κ3) is 8.73. The highest BCUT2D eigenvalue weighted by atomic mass is 28.4. The molecular formula is C14H34O6Si2. The minimum absolute atomic E-state index is 0.470. The molecule has 1 N–H and O–H groups in total. The maximum atomic E-state index is 10.4. The lowest BCUT2D eigenvalue weighted by Crippen LogP contribution is -2.46. The first-order chi connectivity index (χ1) is 10.5.